The van der Waals surface area contributed by atoms with E-state index in [9.17, 15) is 24.6 Å². The molecule has 2 rings (SSSR count). The molecule has 10 heteroatoms. The number of nitrogens with one attached hydrogen (secondary N) is 1. The van der Waals surface area contributed by atoms with E-state index >= 15 is 0 Å². The number of carbonyl (C=O) groups excluding carboxylic acids is 1. The molecule has 1 aromatic heterocycles. The fraction of sp³-hybridized carbons (Fsp3) is 0.762. The summed E-state index contributed by atoms with van der Waals surface area (Å²) in [5.74, 6) is -0.388. The Kier molecular flexibility index (Phi) is 10.9. The Labute approximate surface area is 189 Å². The Morgan fingerprint density at radius 2 is 1.71 bits per heavy atom. The number of nitrogens with zero attached hydrogens (tertiary/aromatic N) is 1. The number of aromatic nitrogens is 2. The number of hydrogen-bond donors (Lipinski definition) is 3. The number of aliphatic hydroxyl groups excluding tert-OH is 2. The average Bonchev–Trinajstić information content (AvgIpc) is 3.02. The zero-order valence-electron chi connectivity index (χ0n) is 17.9. The van der Waals surface area contributed by atoms with Gasteiger partial charge in [-0.25, -0.2) is 4.79 Å². The number of hydrogen-bond acceptors (Lipinski definition) is 7. The van der Waals surface area contributed by atoms with Crippen LogP contribution >= 0.6 is 15.9 Å². The highest BCUT2D eigenvalue weighted by Gasteiger charge is 2.44. The molecule has 0 amide bonds. The third kappa shape index (κ3) is 7.85. The van der Waals surface area contributed by atoms with Crippen LogP contribution in [0.5, 0.6) is 0 Å². The van der Waals surface area contributed by atoms with E-state index in [1.807, 2.05) is 0 Å². The molecule has 0 spiro atoms. The summed E-state index contributed by atoms with van der Waals surface area (Å²) in [7, 11) is 0. The number of aromatic amines is 1. The molecule has 1 aliphatic rings. The van der Waals surface area contributed by atoms with Crippen molar-refractivity contribution in [1.29, 1.82) is 0 Å². The Hall–Kier alpha value is -1.49. The Balaban J connectivity index is 1.70. The van der Waals surface area contributed by atoms with E-state index in [0.29, 0.717) is 0 Å². The third-order valence-electron chi connectivity index (χ3n) is 5.43. The number of unbranched alkanes of at least 4 members (excludes halogenated alkanes) is 8. The van der Waals surface area contributed by atoms with E-state index in [1.54, 1.807) is 0 Å². The number of aliphatic hydroxyl groups is 2. The number of rotatable bonds is 13. The zero-order valence-corrected chi connectivity index (χ0v) is 19.5. The van der Waals surface area contributed by atoms with Gasteiger partial charge in [-0.2, -0.15) is 0 Å². The van der Waals surface area contributed by atoms with Gasteiger partial charge in [-0.15, -0.1) is 0 Å². The Bertz CT molecular complexity index is 810. The van der Waals surface area contributed by atoms with Gasteiger partial charge in [-0.3, -0.25) is 19.1 Å². The summed E-state index contributed by atoms with van der Waals surface area (Å²) in [5, 5.41) is 20.4. The first-order valence-corrected chi connectivity index (χ1v) is 11.8. The Morgan fingerprint density at radius 1 is 1.10 bits per heavy atom. The first kappa shape index (κ1) is 25.8. The molecule has 0 unspecified atom stereocenters. The second-order valence-electron chi connectivity index (χ2n) is 7.95. The van der Waals surface area contributed by atoms with Gasteiger partial charge in [0.1, 0.15) is 24.9 Å². The van der Waals surface area contributed by atoms with E-state index in [1.165, 1.54) is 44.7 Å². The minimum Gasteiger partial charge on any atom is -0.463 e. The maximum atomic E-state index is 12.0. The molecule has 0 saturated carbocycles. The summed E-state index contributed by atoms with van der Waals surface area (Å²) >= 11 is 3.01. The molecule has 9 nitrogen and oxygen atoms in total. The van der Waals surface area contributed by atoms with Crippen molar-refractivity contribution >= 4 is 21.9 Å². The second kappa shape index (κ2) is 13.1. The molecule has 3 N–H and O–H groups in total. The standard InChI is InChI=1S/C21H33BrN2O7/c1-2-3-4-5-6-7-8-9-10-11-16(25)30-13-15-17(26)18(27)20(31-15)24-12-14(22)19(28)23-21(24)29/h12,15,17-18,20,26-27H,2-11,13H2,1H3,(H,23,28,29)/t15-,17-,18-,20-/m1/s1. The molecule has 1 aromatic rings. The molecule has 176 valence electrons. The van der Waals surface area contributed by atoms with Crippen LogP contribution in [0.1, 0.15) is 77.4 Å². The maximum absolute atomic E-state index is 12.0. The minimum atomic E-state index is -1.42. The van der Waals surface area contributed by atoms with Crippen LogP contribution in [0.15, 0.2) is 20.3 Å². The highest BCUT2D eigenvalue weighted by molar-refractivity contribution is 9.10. The SMILES string of the molecule is CCCCCCCCCCCC(=O)OC[C@H]1O[C@@H](n2cc(Br)c(=O)[nH]c2=O)[C@H](O)[C@@H]1O. The summed E-state index contributed by atoms with van der Waals surface area (Å²) in [6.07, 6.45) is 6.84. The summed E-state index contributed by atoms with van der Waals surface area (Å²) < 4.78 is 11.8. The molecule has 1 saturated heterocycles. The van der Waals surface area contributed by atoms with Gasteiger partial charge in [0.25, 0.3) is 5.56 Å². The van der Waals surface area contributed by atoms with Gasteiger partial charge in [-0.05, 0) is 22.4 Å². The summed E-state index contributed by atoms with van der Waals surface area (Å²) in [6, 6.07) is 0. The van der Waals surface area contributed by atoms with Crippen LogP contribution in [0.3, 0.4) is 0 Å². The molecule has 0 aliphatic carbocycles. The molecule has 1 aliphatic heterocycles. The van der Waals surface area contributed by atoms with Gasteiger partial charge in [0.2, 0.25) is 0 Å². The lowest BCUT2D eigenvalue weighted by Crippen LogP contribution is -2.38. The fourth-order valence-electron chi connectivity index (χ4n) is 3.57. The minimum absolute atomic E-state index is 0.0771. The predicted octanol–water partition coefficient (Wildman–Crippen LogP) is 2.38. The van der Waals surface area contributed by atoms with Crippen molar-refractivity contribution in [2.45, 2.75) is 95.7 Å². The first-order valence-electron chi connectivity index (χ1n) is 11.0. The molecular formula is C21H33BrN2O7. The van der Waals surface area contributed by atoms with Crippen LogP contribution in [0.2, 0.25) is 0 Å². The van der Waals surface area contributed by atoms with Gasteiger partial charge in [0.15, 0.2) is 6.23 Å². The van der Waals surface area contributed by atoms with Crippen molar-refractivity contribution in [3.05, 3.63) is 31.5 Å². The van der Waals surface area contributed by atoms with Crippen molar-refractivity contribution in [1.82, 2.24) is 9.55 Å². The first-order chi connectivity index (χ1) is 14.8. The van der Waals surface area contributed by atoms with E-state index in [-0.39, 0.29) is 23.5 Å². The summed E-state index contributed by atoms with van der Waals surface area (Å²) in [4.78, 5) is 37.5. The number of H-pyrrole nitrogens is 1. The highest BCUT2D eigenvalue weighted by atomic mass is 79.9. The van der Waals surface area contributed by atoms with Crippen molar-refractivity contribution in [2.75, 3.05) is 6.61 Å². The molecule has 0 radical (unpaired) electrons. The molecule has 0 bridgehead atoms. The lowest BCUT2D eigenvalue weighted by atomic mass is 10.1. The topological polar surface area (TPSA) is 131 Å². The molecule has 4 atom stereocenters. The van der Waals surface area contributed by atoms with Gasteiger partial charge < -0.3 is 19.7 Å². The maximum Gasteiger partial charge on any atom is 0.330 e. The van der Waals surface area contributed by atoms with Gasteiger partial charge in [-0.1, -0.05) is 58.3 Å². The van der Waals surface area contributed by atoms with Crippen LogP contribution in [0.25, 0.3) is 0 Å². The molecule has 1 fully saturated rings. The molecule has 31 heavy (non-hydrogen) atoms. The number of halogens is 1. The lowest BCUT2D eigenvalue weighted by molar-refractivity contribution is -0.150. The smallest absolute Gasteiger partial charge is 0.330 e. The Morgan fingerprint density at radius 3 is 2.35 bits per heavy atom. The van der Waals surface area contributed by atoms with Crippen LogP contribution in [0, 0.1) is 0 Å². The van der Waals surface area contributed by atoms with Gasteiger partial charge in [0, 0.05) is 12.6 Å². The highest BCUT2D eigenvalue weighted by Crippen LogP contribution is 2.29. The number of ether oxygens (including phenoxy) is 2. The van der Waals surface area contributed by atoms with Crippen LogP contribution < -0.4 is 11.2 Å². The van der Waals surface area contributed by atoms with Gasteiger partial charge >= 0.3 is 11.7 Å². The lowest BCUT2D eigenvalue weighted by Gasteiger charge is -2.17. The van der Waals surface area contributed by atoms with Gasteiger partial charge in [0.05, 0.1) is 4.47 Å². The molecule has 2 heterocycles. The monoisotopic (exact) mass is 504 g/mol. The van der Waals surface area contributed by atoms with E-state index in [2.05, 4.69) is 27.8 Å². The fourth-order valence-corrected chi connectivity index (χ4v) is 3.89. The van der Waals surface area contributed by atoms with Crippen molar-refractivity contribution < 1.29 is 24.5 Å². The van der Waals surface area contributed by atoms with E-state index in [0.717, 1.165) is 23.8 Å². The average molecular weight is 505 g/mol. The van der Waals surface area contributed by atoms with E-state index in [4.69, 9.17) is 9.47 Å². The molecular weight excluding hydrogens is 472 g/mol. The van der Waals surface area contributed by atoms with Crippen LogP contribution in [0.4, 0.5) is 0 Å². The van der Waals surface area contributed by atoms with Crippen molar-refractivity contribution in [3.63, 3.8) is 0 Å². The van der Waals surface area contributed by atoms with Crippen LogP contribution in [-0.2, 0) is 14.3 Å². The largest absolute Gasteiger partial charge is 0.463 e. The van der Waals surface area contributed by atoms with E-state index < -0.39 is 35.8 Å². The van der Waals surface area contributed by atoms with Crippen LogP contribution in [-0.4, -0.2) is 50.7 Å². The summed E-state index contributed by atoms with van der Waals surface area (Å²) in [6.45, 7) is 1.97. The van der Waals surface area contributed by atoms with Crippen molar-refractivity contribution in [3.8, 4) is 0 Å². The van der Waals surface area contributed by atoms with Crippen molar-refractivity contribution in [2.24, 2.45) is 0 Å². The second-order valence-corrected chi connectivity index (χ2v) is 8.81. The normalized spacial score (nSPS) is 23.2. The molecule has 0 aromatic carbocycles. The number of carbonyl (C=O) groups is 1. The predicted molar refractivity (Wildman–Crippen MR) is 118 cm³/mol. The quantitative estimate of drug-likeness (QED) is 0.277. The zero-order chi connectivity index (χ0) is 22.8. The third-order valence-corrected chi connectivity index (χ3v) is 5.99. The number of esters is 1. The summed E-state index contributed by atoms with van der Waals surface area (Å²) in [5.41, 5.74) is -1.40.